The van der Waals surface area contributed by atoms with Gasteiger partial charge in [-0.15, -0.1) is 0 Å². The number of aliphatic carboxylic acids is 1. The molecule has 0 aliphatic heterocycles. The number of carboxylic acids is 1. The average Bonchev–Trinajstić information content (AvgIpc) is 2.40. The van der Waals surface area contributed by atoms with Gasteiger partial charge < -0.3 is 10.4 Å². The molecule has 0 spiro atoms. The maximum Gasteiger partial charge on any atom is 0.308 e. The number of hydrogen-bond donors (Lipinski definition) is 2. The van der Waals surface area contributed by atoms with Crippen LogP contribution < -0.4 is 5.32 Å². The van der Waals surface area contributed by atoms with Crippen LogP contribution >= 0.6 is 0 Å². The summed E-state index contributed by atoms with van der Waals surface area (Å²) < 4.78 is 52.9. The van der Waals surface area contributed by atoms with Gasteiger partial charge in [0, 0.05) is 12.6 Å². The third-order valence-corrected chi connectivity index (χ3v) is 2.95. The molecule has 1 aromatic carbocycles. The quantitative estimate of drug-likeness (QED) is 0.625. The molecule has 0 aliphatic carbocycles. The van der Waals surface area contributed by atoms with Crippen LogP contribution in [0.5, 0.6) is 0 Å². The molecule has 0 radical (unpaired) electrons. The number of carboxylic acid groups (broad SMARTS) is 1. The standard InChI is InChI=1S/C14H15F4NO3/c1-6(2)3-7(14(21)22)5-19-13(20)10-11(17)8(15)4-9(16)12(10)18/h4,6-7H,3,5H2,1-2H3,(H,19,20)(H,21,22). The molecule has 0 heterocycles. The Kier molecular flexibility index (Phi) is 5.90. The normalized spacial score (nSPS) is 12.3. The molecule has 0 aliphatic rings. The van der Waals surface area contributed by atoms with E-state index in [1.54, 1.807) is 13.8 Å². The molecule has 1 atom stereocenters. The molecule has 4 nitrogen and oxygen atoms in total. The van der Waals surface area contributed by atoms with E-state index in [1.807, 2.05) is 5.32 Å². The van der Waals surface area contributed by atoms with Gasteiger partial charge in [0.25, 0.3) is 5.91 Å². The van der Waals surface area contributed by atoms with E-state index in [2.05, 4.69) is 0 Å². The van der Waals surface area contributed by atoms with Gasteiger partial charge in [-0.25, -0.2) is 17.6 Å². The molecule has 1 unspecified atom stereocenters. The highest BCUT2D eigenvalue weighted by Crippen LogP contribution is 2.19. The highest BCUT2D eigenvalue weighted by molar-refractivity contribution is 5.95. The zero-order chi connectivity index (χ0) is 17.0. The fourth-order valence-corrected chi connectivity index (χ4v) is 1.92. The van der Waals surface area contributed by atoms with Crippen molar-refractivity contribution in [2.75, 3.05) is 6.54 Å². The second-order valence-electron chi connectivity index (χ2n) is 5.22. The second kappa shape index (κ2) is 7.24. The van der Waals surface area contributed by atoms with Crippen molar-refractivity contribution in [2.24, 2.45) is 11.8 Å². The number of rotatable bonds is 6. The van der Waals surface area contributed by atoms with Crippen LogP contribution in [0.1, 0.15) is 30.6 Å². The van der Waals surface area contributed by atoms with Crippen LogP contribution in [0.2, 0.25) is 0 Å². The second-order valence-corrected chi connectivity index (χ2v) is 5.22. The van der Waals surface area contributed by atoms with Crippen LogP contribution in [-0.2, 0) is 4.79 Å². The third-order valence-electron chi connectivity index (χ3n) is 2.95. The number of carbonyl (C=O) groups is 2. The maximum absolute atomic E-state index is 13.4. The predicted octanol–water partition coefficient (Wildman–Crippen LogP) is 2.72. The summed E-state index contributed by atoms with van der Waals surface area (Å²) in [6, 6.07) is -0.0136. The van der Waals surface area contributed by atoms with Gasteiger partial charge >= 0.3 is 5.97 Å². The van der Waals surface area contributed by atoms with Crippen LogP contribution in [0.4, 0.5) is 17.6 Å². The van der Waals surface area contributed by atoms with Crippen LogP contribution in [0, 0.1) is 35.1 Å². The van der Waals surface area contributed by atoms with Crippen molar-refractivity contribution in [1.82, 2.24) is 5.32 Å². The van der Waals surface area contributed by atoms with Gasteiger partial charge in [-0.05, 0) is 12.3 Å². The van der Waals surface area contributed by atoms with Crippen molar-refractivity contribution in [3.63, 3.8) is 0 Å². The lowest BCUT2D eigenvalue weighted by molar-refractivity contribution is -0.142. The van der Waals surface area contributed by atoms with E-state index in [-0.39, 0.29) is 18.4 Å². The van der Waals surface area contributed by atoms with Crippen molar-refractivity contribution >= 4 is 11.9 Å². The number of nitrogens with one attached hydrogen (secondary N) is 1. The zero-order valence-corrected chi connectivity index (χ0v) is 11.9. The maximum atomic E-state index is 13.4. The van der Waals surface area contributed by atoms with E-state index in [9.17, 15) is 27.2 Å². The van der Waals surface area contributed by atoms with Gasteiger partial charge in [0.15, 0.2) is 23.3 Å². The highest BCUT2D eigenvalue weighted by Gasteiger charge is 2.26. The first-order valence-corrected chi connectivity index (χ1v) is 6.49. The Labute approximate surface area is 124 Å². The summed E-state index contributed by atoms with van der Waals surface area (Å²) in [7, 11) is 0. The molecule has 1 rings (SSSR count). The first-order chi connectivity index (χ1) is 10.1. The summed E-state index contributed by atoms with van der Waals surface area (Å²) >= 11 is 0. The van der Waals surface area contributed by atoms with E-state index >= 15 is 0 Å². The van der Waals surface area contributed by atoms with Crippen LogP contribution in [0.15, 0.2) is 6.07 Å². The summed E-state index contributed by atoms with van der Waals surface area (Å²) in [5, 5.41) is 11.0. The van der Waals surface area contributed by atoms with Crippen molar-refractivity contribution in [3.8, 4) is 0 Å². The molecule has 8 heteroatoms. The van der Waals surface area contributed by atoms with Gasteiger partial charge in [-0.3, -0.25) is 9.59 Å². The van der Waals surface area contributed by atoms with Crippen LogP contribution in [0.3, 0.4) is 0 Å². The van der Waals surface area contributed by atoms with Gasteiger partial charge in [0.1, 0.15) is 5.56 Å². The Morgan fingerprint density at radius 1 is 1.14 bits per heavy atom. The minimum absolute atomic E-state index is 0.0121. The monoisotopic (exact) mass is 321 g/mol. The van der Waals surface area contributed by atoms with Crippen molar-refractivity contribution in [3.05, 3.63) is 34.9 Å². The average molecular weight is 321 g/mol. The number of halogens is 4. The summed E-state index contributed by atoms with van der Waals surface area (Å²) in [6.45, 7) is 3.11. The number of carbonyl (C=O) groups excluding carboxylic acids is 1. The van der Waals surface area contributed by atoms with E-state index in [0.29, 0.717) is 0 Å². The molecule has 0 saturated carbocycles. The molecule has 122 valence electrons. The Balaban J connectivity index is 2.92. The summed E-state index contributed by atoms with van der Waals surface area (Å²) in [4.78, 5) is 22.7. The highest BCUT2D eigenvalue weighted by atomic mass is 19.2. The molecule has 0 saturated heterocycles. The lowest BCUT2D eigenvalue weighted by atomic mass is 9.97. The lowest BCUT2D eigenvalue weighted by Gasteiger charge is -2.15. The molecule has 1 amide bonds. The summed E-state index contributed by atoms with van der Waals surface area (Å²) in [5.74, 6) is -10.6. The molecule has 22 heavy (non-hydrogen) atoms. The van der Waals surface area contributed by atoms with Crippen molar-refractivity contribution in [1.29, 1.82) is 0 Å². The molecule has 0 fully saturated rings. The van der Waals surface area contributed by atoms with Gasteiger partial charge in [0.2, 0.25) is 0 Å². The minimum Gasteiger partial charge on any atom is -0.481 e. The van der Waals surface area contributed by atoms with Crippen molar-refractivity contribution < 1.29 is 32.3 Å². The Morgan fingerprint density at radius 3 is 2.05 bits per heavy atom. The molecule has 0 aromatic heterocycles. The van der Waals surface area contributed by atoms with E-state index in [0.717, 1.165) is 0 Å². The van der Waals surface area contributed by atoms with E-state index < -0.39 is 53.2 Å². The largest absolute Gasteiger partial charge is 0.481 e. The fourth-order valence-electron chi connectivity index (χ4n) is 1.92. The zero-order valence-electron chi connectivity index (χ0n) is 11.9. The number of benzene rings is 1. The number of hydrogen-bond acceptors (Lipinski definition) is 2. The third kappa shape index (κ3) is 4.19. The van der Waals surface area contributed by atoms with Gasteiger partial charge in [-0.2, -0.15) is 0 Å². The SMILES string of the molecule is CC(C)CC(CNC(=O)c1c(F)c(F)cc(F)c1F)C(=O)O. The van der Waals surface area contributed by atoms with Gasteiger partial charge in [0.05, 0.1) is 5.92 Å². The molecule has 1 aromatic rings. The molecular weight excluding hydrogens is 306 g/mol. The molecule has 0 bridgehead atoms. The predicted molar refractivity (Wildman–Crippen MR) is 69.2 cm³/mol. The summed E-state index contributed by atoms with van der Waals surface area (Å²) in [6.07, 6.45) is 0.220. The van der Waals surface area contributed by atoms with E-state index in [1.165, 1.54) is 0 Å². The Hall–Kier alpha value is -2.12. The lowest BCUT2D eigenvalue weighted by Crippen LogP contribution is -2.34. The van der Waals surface area contributed by atoms with E-state index in [4.69, 9.17) is 5.11 Å². The molecular formula is C14H15F4NO3. The Morgan fingerprint density at radius 2 is 1.64 bits per heavy atom. The number of amides is 1. The first-order valence-electron chi connectivity index (χ1n) is 6.49. The summed E-state index contributed by atoms with van der Waals surface area (Å²) in [5.41, 5.74) is -1.41. The Bertz CT molecular complexity index is 564. The minimum atomic E-state index is -1.83. The van der Waals surface area contributed by atoms with Crippen LogP contribution in [-0.4, -0.2) is 23.5 Å². The van der Waals surface area contributed by atoms with Gasteiger partial charge in [-0.1, -0.05) is 13.8 Å². The first kappa shape index (κ1) is 17.9. The molecule has 2 N–H and O–H groups in total. The smallest absolute Gasteiger partial charge is 0.308 e. The van der Waals surface area contributed by atoms with Crippen LogP contribution in [0.25, 0.3) is 0 Å². The van der Waals surface area contributed by atoms with Crippen molar-refractivity contribution in [2.45, 2.75) is 20.3 Å². The fraction of sp³-hybridized carbons (Fsp3) is 0.429. The topological polar surface area (TPSA) is 66.4 Å².